The summed E-state index contributed by atoms with van der Waals surface area (Å²) in [5.74, 6) is -2.72. The molecule has 14 heteroatoms. The molecule has 1 aliphatic heterocycles. The molecule has 2 aliphatic rings. The number of halogens is 7. The number of alkyl halides is 6. The summed E-state index contributed by atoms with van der Waals surface area (Å²) in [4.78, 5) is 29.6. The minimum absolute atomic E-state index is 0.00535. The predicted octanol–water partition coefficient (Wildman–Crippen LogP) is 5.85. The number of carbonyl (C=O) groups excluding carboxylic acids is 2. The van der Waals surface area contributed by atoms with Crippen molar-refractivity contribution in [3.8, 4) is 5.75 Å². The summed E-state index contributed by atoms with van der Waals surface area (Å²) < 4.78 is 83.7. The number of carbonyl (C=O) groups is 2. The molecule has 1 heterocycles. The van der Waals surface area contributed by atoms with E-state index in [-0.39, 0.29) is 23.8 Å². The van der Waals surface area contributed by atoms with Gasteiger partial charge in [0.2, 0.25) is 0 Å². The van der Waals surface area contributed by atoms with Crippen LogP contribution >= 0.6 is 11.6 Å². The normalized spacial score (nSPS) is 19.5. The van der Waals surface area contributed by atoms with Gasteiger partial charge in [0.1, 0.15) is 5.75 Å². The van der Waals surface area contributed by atoms with Crippen molar-refractivity contribution in [2.75, 3.05) is 45.7 Å². The largest absolute Gasteiger partial charge is 0.573 e. The molecule has 0 aromatic heterocycles. The van der Waals surface area contributed by atoms with E-state index in [1.807, 2.05) is 6.07 Å². The quantitative estimate of drug-likeness (QED) is 0.369. The topological polar surface area (TPSA) is 73.3 Å². The van der Waals surface area contributed by atoms with Crippen molar-refractivity contribution in [2.45, 2.75) is 43.8 Å². The number of amides is 2. The molecular formula is C29H32ClF6N3O4. The summed E-state index contributed by atoms with van der Waals surface area (Å²) in [7, 11) is 4.41. The van der Waals surface area contributed by atoms with Crippen LogP contribution in [0.5, 0.6) is 5.75 Å². The zero-order valence-electron chi connectivity index (χ0n) is 23.7. The fraction of sp³-hybridized carbons (Fsp3) is 0.517. The lowest BCUT2D eigenvalue weighted by Gasteiger charge is -2.35. The van der Waals surface area contributed by atoms with Gasteiger partial charge in [-0.3, -0.25) is 9.59 Å². The highest BCUT2D eigenvalue weighted by atomic mass is 35.5. The average molecular weight is 636 g/mol. The summed E-state index contributed by atoms with van der Waals surface area (Å²) >= 11 is 6.36. The highest BCUT2D eigenvalue weighted by Gasteiger charge is 2.62. The van der Waals surface area contributed by atoms with Crippen LogP contribution < -0.4 is 9.64 Å². The summed E-state index contributed by atoms with van der Waals surface area (Å²) in [5.41, 5.74) is -3.85. The van der Waals surface area contributed by atoms with Crippen LogP contribution in [0, 0.1) is 11.3 Å². The predicted molar refractivity (Wildman–Crippen MR) is 147 cm³/mol. The molecule has 2 amide bonds. The summed E-state index contributed by atoms with van der Waals surface area (Å²) in [6.07, 6.45) is -7.78. The number of likely N-dealkylation sites (N-methyl/N-ethyl adjacent to an activating group) is 1. The lowest BCUT2D eigenvalue weighted by molar-refractivity contribution is -0.274. The maximum absolute atomic E-state index is 14.1. The van der Waals surface area contributed by atoms with E-state index in [1.165, 1.54) is 4.90 Å². The van der Waals surface area contributed by atoms with Crippen LogP contribution in [0.15, 0.2) is 42.5 Å². The third-order valence-electron chi connectivity index (χ3n) is 8.44. The van der Waals surface area contributed by atoms with Gasteiger partial charge < -0.3 is 24.5 Å². The Bertz CT molecular complexity index is 1360. The maximum Gasteiger partial charge on any atom is 0.573 e. The molecule has 2 aromatic carbocycles. The standard InChI is InChI=1S/C29H32ClF6N3O4/c1-37(2)24(40)22-8-7-20(16-23(22)30)39-13-10-26(11-14-39)17-19(26)9-12-38(3)25(41)27(42,28(31,32)33)18-5-4-6-21(15-18)43-29(34,35)36/h4-8,15-16,19,42H,9-14,17H2,1-3H3. The molecule has 2 atom stereocenters. The summed E-state index contributed by atoms with van der Waals surface area (Å²) in [5, 5.41) is 11.0. The molecule has 1 N–H and O–H groups in total. The van der Waals surface area contributed by atoms with Crippen molar-refractivity contribution in [3.05, 3.63) is 58.6 Å². The van der Waals surface area contributed by atoms with Gasteiger partial charge in [-0.15, -0.1) is 13.2 Å². The molecular weight excluding hydrogens is 604 g/mol. The molecule has 1 aliphatic carbocycles. The molecule has 7 nitrogen and oxygen atoms in total. The number of ether oxygens (including phenoxy) is 1. The number of hydrogen-bond acceptors (Lipinski definition) is 5. The molecule has 2 fully saturated rings. The van der Waals surface area contributed by atoms with E-state index in [0.717, 1.165) is 55.1 Å². The van der Waals surface area contributed by atoms with Gasteiger partial charge in [-0.2, -0.15) is 13.2 Å². The third kappa shape index (κ3) is 6.82. The van der Waals surface area contributed by atoms with Crippen molar-refractivity contribution in [1.82, 2.24) is 9.80 Å². The number of anilines is 1. The van der Waals surface area contributed by atoms with E-state index in [2.05, 4.69) is 9.64 Å². The van der Waals surface area contributed by atoms with Gasteiger partial charge in [-0.1, -0.05) is 23.7 Å². The number of aliphatic hydroxyl groups is 1. The van der Waals surface area contributed by atoms with Crippen molar-refractivity contribution >= 4 is 29.1 Å². The minimum Gasteiger partial charge on any atom is -0.406 e. The SMILES string of the molecule is CN(C)C(=O)c1ccc(N2CCC3(CC2)CC3CCN(C)C(=O)C(O)(c2cccc(OC(F)(F)F)c2)C(F)(F)F)cc1Cl. The number of nitrogens with zero attached hydrogens (tertiary/aromatic N) is 3. The van der Waals surface area contributed by atoms with Crippen LogP contribution in [0.4, 0.5) is 32.0 Å². The van der Waals surface area contributed by atoms with Gasteiger partial charge in [0.05, 0.1) is 10.6 Å². The number of benzene rings is 2. The van der Waals surface area contributed by atoms with Crippen molar-refractivity contribution < 1.29 is 45.8 Å². The second-order valence-corrected chi connectivity index (χ2v) is 11.8. The monoisotopic (exact) mass is 635 g/mol. The average Bonchev–Trinajstić information content (AvgIpc) is 3.60. The second kappa shape index (κ2) is 11.7. The zero-order valence-corrected chi connectivity index (χ0v) is 24.5. The Balaban J connectivity index is 1.36. The molecule has 2 aromatic rings. The van der Waals surface area contributed by atoms with Crippen LogP contribution in [-0.2, 0) is 10.4 Å². The summed E-state index contributed by atoms with van der Waals surface area (Å²) in [6, 6.07) is 8.00. The molecule has 43 heavy (non-hydrogen) atoms. The molecule has 1 saturated carbocycles. The fourth-order valence-corrected chi connectivity index (χ4v) is 6.09. The zero-order chi connectivity index (χ0) is 32.0. The molecule has 4 rings (SSSR count). The van der Waals surface area contributed by atoms with E-state index in [1.54, 1.807) is 26.2 Å². The first-order valence-electron chi connectivity index (χ1n) is 13.5. The Morgan fingerprint density at radius 3 is 2.26 bits per heavy atom. The highest BCUT2D eigenvalue weighted by Crippen LogP contribution is 2.61. The Morgan fingerprint density at radius 1 is 1.05 bits per heavy atom. The van der Waals surface area contributed by atoms with Crippen molar-refractivity contribution in [3.63, 3.8) is 0 Å². The lowest BCUT2D eigenvalue weighted by Crippen LogP contribution is -2.55. The van der Waals surface area contributed by atoms with Gasteiger partial charge in [-0.25, -0.2) is 0 Å². The van der Waals surface area contributed by atoms with Gasteiger partial charge >= 0.3 is 12.5 Å². The number of piperidine rings is 1. The van der Waals surface area contributed by atoms with E-state index < -0.39 is 35.4 Å². The third-order valence-corrected chi connectivity index (χ3v) is 8.75. The molecule has 2 unspecified atom stereocenters. The molecule has 1 saturated heterocycles. The van der Waals surface area contributed by atoms with Crippen LogP contribution in [0.2, 0.25) is 5.02 Å². The van der Waals surface area contributed by atoms with E-state index in [9.17, 15) is 41.0 Å². The second-order valence-electron chi connectivity index (χ2n) is 11.4. The molecule has 0 radical (unpaired) electrons. The molecule has 1 spiro atoms. The van der Waals surface area contributed by atoms with E-state index in [0.29, 0.717) is 36.2 Å². The smallest absolute Gasteiger partial charge is 0.406 e. The highest BCUT2D eigenvalue weighted by molar-refractivity contribution is 6.34. The first kappa shape index (κ1) is 32.7. The first-order chi connectivity index (χ1) is 19.9. The van der Waals surface area contributed by atoms with Gasteiger partial charge in [0.25, 0.3) is 17.4 Å². The van der Waals surface area contributed by atoms with Crippen LogP contribution in [0.1, 0.15) is 41.6 Å². The lowest BCUT2D eigenvalue weighted by atomic mass is 9.89. The van der Waals surface area contributed by atoms with Gasteiger partial charge in [-0.05, 0) is 67.3 Å². The van der Waals surface area contributed by atoms with Crippen molar-refractivity contribution in [2.24, 2.45) is 11.3 Å². The van der Waals surface area contributed by atoms with Crippen LogP contribution in [-0.4, -0.2) is 80.0 Å². The Morgan fingerprint density at radius 2 is 1.70 bits per heavy atom. The van der Waals surface area contributed by atoms with E-state index in [4.69, 9.17) is 11.6 Å². The van der Waals surface area contributed by atoms with Gasteiger partial charge in [0, 0.05) is 52.0 Å². The van der Waals surface area contributed by atoms with E-state index >= 15 is 0 Å². The fourth-order valence-electron chi connectivity index (χ4n) is 5.83. The summed E-state index contributed by atoms with van der Waals surface area (Å²) in [6.45, 7) is 1.35. The maximum atomic E-state index is 14.1. The van der Waals surface area contributed by atoms with Crippen LogP contribution in [0.3, 0.4) is 0 Å². The van der Waals surface area contributed by atoms with Crippen molar-refractivity contribution in [1.29, 1.82) is 0 Å². The molecule has 236 valence electrons. The number of rotatable bonds is 8. The molecule has 0 bridgehead atoms. The number of hydrogen-bond donors (Lipinski definition) is 1. The first-order valence-corrected chi connectivity index (χ1v) is 13.9. The Kier molecular flexibility index (Phi) is 8.92. The van der Waals surface area contributed by atoms with Gasteiger partial charge in [0.15, 0.2) is 0 Å². The van der Waals surface area contributed by atoms with Crippen LogP contribution in [0.25, 0.3) is 0 Å². The minimum atomic E-state index is -5.51. The Labute approximate surface area is 249 Å². The Hall–Kier alpha value is -3.19.